The monoisotopic (exact) mass is 325 g/mol. The second kappa shape index (κ2) is 5.40. The standard InChI is InChI=1S/C15H19NO5S/c17-22(18,11-5-6-14-15(9-11)21-10-20-14)16-7-8-19-13-4-2-1-3-12(13)16/h5-6,9,12-13H,1-4,7-8,10H2/t12-,13+/m1/s1. The summed E-state index contributed by atoms with van der Waals surface area (Å²) in [6, 6.07) is 4.77. The molecule has 0 N–H and O–H groups in total. The van der Waals surface area contributed by atoms with Gasteiger partial charge in [0.1, 0.15) is 0 Å². The highest BCUT2D eigenvalue weighted by atomic mass is 32.2. The molecular formula is C15H19NO5S. The second-order valence-electron chi connectivity index (χ2n) is 5.89. The van der Waals surface area contributed by atoms with Crippen LogP contribution < -0.4 is 9.47 Å². The Morgan fingerprint density at radius 1 is 1.09 bits per heavy atom. The number of ether oxygens (including phenoxy) is 3. The van der Waals surface area contributed by atoms with Crippen molar-refractivity contribution in [1.29, 1.82) is 0 Å². The maximum Gasteiger partial charge on any atom is 0.243 e. The summed E-state index contributed by atoms with van der Waals surface area (Å²) < 4.78 is 44.0. The van der Waals surface area contributed by atoms with Crippen molar-refractivity contribution in [2.24, 2.45) is 0 Å². The van der Waals surface area contributed by atoms with Gasteiger partial charge in [-0.2, -0.15) is 4.31 Å². The van der Waals surface area contributed by atoms with Crippen molar-refractivity contribution in [3.8, 4) is 11.5 Å². The molecule has 0 aromatic heterocycles. The topological polar surface area (TPSA) is 65.1 Å². The maximum absolute atomic E-state index is 13.0. The molecule has 7 heteroatoms. The van der Waals surface area contributed by atoms with E-state index in [9.17, 15) is 8.42 Å². The summed E-state index contributed by atoms with van der Waals surface area (Å²) in [5.41, 5.74) is 0. The summed E-state index contributed by atoms with van der Waals surface area (Å²) in [5, 5.41) is 0. The second-order valence-corrected chi connectivity index (χ2v) is 7.78. The molecule has 4 rings (SSSR count). The molecule has 2 atom stereocenters. The van der Waals surface area contributed by atoms with Crippen LogP contribution in [-0.2, 0) is 14.8 Å². The molecule has 0 amide bonds. The quantitative estimate of drug-likeness (QED) is 0.829. The third kappa shape index (κ3) is 2.28. The van der Waals surface area contributed by atoms with E-state index in [1.54, 1.807) is 22.5 Å². The number of hydrogen-bond acceptors (Lipinski definition) is 5. The first-order valence-corrected chi connectivity index (χ1v) is 9.13. The molecule has 1 aromatic carbocycles. The first-order valence-electron chi connectivity index (χ1n) is 7.69. The lowest BCUT2D eigenvalue weighted by Crippen LogP contribution is -2.54. The van der Waals surface area contributed by atoms with Crippen LogP contribution in [0.2, 0.25) is 0 Å². The third-order valence-corrected chi connectivity index (χ3v) is 6.55. The van der Waals surface area contributed by atoms with E-state index in [4.69, 9.17) is 14.2 Å². The van der Waals surface area contributed by atoms with Crippen LogP contribution in [0.3, 0.4) is 0 Å². The van der Waals surface area contributed by atoms with Gasteiger partial charge in [0.2, 0.25) is 16.8 Å². The van der Waals surface area contributed by atoms with E-state index in [-0.39, 0.29) is 23.8 Å². The summed E-state index contributed by atoms with van der Waals surface area (Å²) in [6.07, 6.45) is 4.01. The van der Waals surface area contributed by atoms with Crippen LogP contribution in [-0.4, -0.2) is 44.8 Å². The fourth-order valence-electron chi connectivity index (χ4n) is 3.53. The minimum atomic E-state index is -3.54. The van der Waals surface area contributed by atoms with Gasteiger partial charge in [0.25, 0.3) is 0 Å². The van der Waals surface area contributed by atoms with Crippen molar-refractivity contribution in [3.05, 3.63) is 18.2 Å². The van der Waals surface area contributed by atoms with Gasteiger partial charge < -0.3 is 14.2 Å². The normalized spacial score (nSPS) is 28.4. The van der Waals surface area contributed by atoms with Gasteiger partial charge in [0.15, 0.2) is 11.5 Å². The largest absolute Gasteiger partial charge is 0.454 e. The molecule has 1 saturated heterocycles. The summed E-state index contributed by atoms with van der Waals surface area (Å²) >= 11 is 0. The fourth-order valence-corrected chi connectivity index (χ4v) is 5.21. The zero-order chi connectivity index (χ0) is 15.2. The molecule has 0 bridgehead atoms. The van der Waals surface area contributed by atoms with Crippen LogP contribution in [0.1, 0.15) is 25.7 Å². The molecule has 1 saturated carbocycles. The Bertz CT molecular complexity index is 673. The number of sulfonamides is 1. The minimum absolute atomic E-state index is 0.0336. The van der Waals surface area contributed by atoms with E-state index in [0.717, 1.165) is 25.7 Å². The zero-order valence-electron chi connectivity index (χ0n) is 12.2. The molecule has 120 valence electrons. The van der Waals surface area contributed by atoms with Crippen molar-refractivity contribution in [2.75, 3.05) is 19.9 Å². The Balaban J connectivity index is 1.67. The van der Waals surface area contributed by atoms with Crippen molar-refractivity contribution in [1.82, 2.24) is 4.31 Å². The van der Waals surface area contributed by atoms with E-state index in [1.165, 1.54) is 0 Å². The van der Waals surface area contributed by atoms with Gasteiger partial charge in [-0.25, -0.2) is 8.42 Å². The molecule has 1 aliphatic carbocycles. The zero-order valence-corrected chi connectivity index (χ0v) is 13.0. The predicted octanol–water partition coefficient (Wildman–Crippen LogP) is 1.75. The van der Waals surface area contributed by atoms with E-state index in [1.807, 2.05) is 0 Å². The summed E-state index contributed by atoms with van der Waals surface area (Å²) in [4.78, 5) is 0.267. The molecule has 2 aliphatic heterocycles. The Morgan fingerprint density at radius 2 is 1.91 bits per heavy atom. The van der Waals surface area contributed by atoms with Crippen LogP contribution >= 0.6 is 0 Å². The number of nitrogens with zero attached hydrogens (tertiary/aromatic N) is 1. The molecule has 2 fully saturated rings. The smallest absolute Gasteiger partial charge is 0.243 e. The number of benzene rings is 1. The first kappa shape index (κ1) is 14.3. The number of hydrogen-bond donors (Lipinski definition) is 0. The van der Waals surface area contributed by atoms with Gasteiger partial charge in [0, 0.05) is 12.6 Å². The Hall–Kier alpha value is -1.31. The highest BCUT2D eigenvalue weighted by molar-refractivity contribution is 7.89. The summed E-state index contributed by atoms with van der Waals surface area (Å²) in [6.45, 7) is 1.02. The lowest BCUT2D eigenvalue weighted by atomic mass is 9.91. The summed E-state index contributed by atoms with van der Waals surface area (Å²) in [7, 11) is -3.54. The molecule has 0 radical (unpaired) electrons. The Kier molecular flexibility index (Phi) is 3.51. The van der Waals surface area contributed by atoms with E-state index >= 15 is 0 Å². The SMILES string of the molecule is O=S(=O)(c1ccc2c(c1)OCO2)N1CCO[C@H]2CCCC[C@H]21. The summed E-state index contributed by atoms with van der Waals surface area (Å²) in [5.74, 6) is 1.09. The molecule has 0 spiro atoms. The van der Waals surface area contributed by atoms with Crippen LogP contribution in [0.5, 0.6) is 11.5 Å². The number of rotatable bonds is 2. The van der Waals surface area contributed by atoms with E-state index in [2.05, 4.69) is 0 Å². The Labute approximate surface area is 130 Å². The third-order valence-electron chi connectivity index (χ3n) is 4.63. The lowest BCUT2D eigenvalue weighted by Gasteiger charge is -2.42. The van der Waals surface area contributed by atoms with Gasteiger partial charge in [-0.05, 0) is 25.0 Å². The van der Waals surface area contributed by atoms with Crippen molar-refractivity contribution < 1.29 is 22.6 Å². The average Bonchev–Trinajstić information content (AvgIpc) is 3.02. The van der Waals surface area contributed by atoms with Crippen molar-refractivity contribution in [3.63, 3.8) is 0 Å². The van der Waals surface area contributed by atoms with Crippen LogP contribution in [0.4, 0.5) is 0 Å². The minimum Gasteiger partial charge on any atom is -0.454 e. The van der Waals surface area contributed by atoms with Gasteiger partial charge in [-0.15, -0.1) is 0 Å². The molecule has 3 aliphatic rings. The molecule has 6 nitrogen and oxygen atoms in total. The van der Waals surface area contributed by atoms with Crippen LogP contribution in [0.25, 0.3) is 0 Å². The Morgan fingerprint density at radius 3 is 2.82 bits per heavy atom. The molecule has 0 unspecified atom stereocenters. The van der Waals surface area contributed by atoms with Gasteiger partial charge in [-0.3, -0.25) is 0 Å². The highest BCUT2D eigenvalue weighted by Crippen LogP contribution is 2.37. The van der Waals surface area contributed by atoms with Crippen LogP contribution in [0.15, 0.2) is 23.1 Å². The molecular weight excluding hydrogens is 306 g/mol. The fraction of sp³-hybridized carbons (Fsp3) is 0.600. The predicted molar refractivity (Wildman–Crippen MR) is 78.5 cm³/mol. The molecule has 1 aromatic rings. The maximum atomic E-state index is 13.0. The van der Waals surface area contributed by atoms with E-state index < -0.39 is 10.0 Å². The van der Waals surface area contributed by atoms with Gasteiger partial charge in [0.05, 0.1) is 23.6 Å². The van der Waals surface area contributed by atoms with Crippen molar-refractivity contribution in [2.45, 2.75) is 42.7 Å². The van der Waals surface area contributed by atoms with E-state index in [0.29, 0.717) is 24.7 Å². The molecule has 22 heavy (non-hydrogen) atoms. The number of fused-ring (bicyclic) bond motifs is 2. The average molecular weight is 325 g/mol. The van der Waals surface area contributed by atoms with Gasteiger partial charge in [-0.1, -0.05) is 12.8 Å². The number of morpholine rings is 1. The van der Waals surface area contributed by atoms with Crippen LogP contribution in [0, 0.1) is 0 Å². The van der Waals surface area contributed by atoms with Gasteiger partial charge >= 0.3 is 0 Å². The first-order chi connectivity index (χ1) is 10.7. The highest BCUT2D eigenvalue weighted by Gasteiger charge is 2.41. The molecule has 2 heterocycles. The van der Waals surface area contributed by atoms with Crippen molar-refractivity contribution >= 4 is 10.0 Å². The lowest BCUT2D eigenvalue weighted by molar-refractivity contribution is -0.0586.